The van der Waals surface area contributed by atoms with Crippen LogP contribution in [-0.2, 0) is 11.2 Å². The molecule has 0 heterocycles. The van der Waals surface area contributed by atoms with Gasteiger partial charge in [0.05, 0.1) is 6.04 Å². The van der Waals surface area contributed by atoms with E-state index < -0.39 is 0 Å². The molecule has 18 heavy (non-hydrogen) atoms. The fraction of sp³-hybridized carbons (Fsp3) is 0.333. The SMILES string of the molecule is CN[C@@H](Cc1ccc(/C(N)=N/NN)cc1)C(C)=O. The Labute approximate surface area is 106 Å². The van der Waals surface area contributed by atoms with Gasteiger partial charge in [-0.25, -0.2) is 11.4 Å². The summed E-state index contributed by atoms with van der Waals surface area (Å²) in [5.74, 6) is 5.49. The summed E-state index contributed by atoms with van der Waals surface area (Å²) in [6.45, 7) is 1.58. The maximum Gasteiger partial charge on any atom is 0.152 e. The van der Waals surface area contributed by atoms with Crippen LogP contribution in [0.15, 0.2) is 29.4 Å². The minimum absolute atomic E-state index is 0.120. The molecule has 1 aromatic carbocycles. The summed E-state index contributed by atoms with van der Waals surface area (Å²) in [6.07, 6.45) is 0.651. The van der Waals surface area contributed by atoms with Crippen LogP contribution < -0.4 is 22.4 Å². The molecule has 1 atom stereocenters. The molecule has 0 amide bonds. The average Bonchev–Trinajstić information content (AvgIpc) is 2.36. The summed E-state index contributed by atoms with van der Waals surface area (Å²) in [6, 6.07) is 7.37. The molecule has 1 rings (SSSR count). The summed E-state index contributed by atoms with van der Waals surface area (Å²) in [5.41, 5.74) is 9.65. The zero-order valence-corrected chi connectivity index (χ0v) is 10.6. The third kappa shape index (κ3) is 3.83. The van der Waals surface area contributed by atoms with Gasteiger partial charge in [0, 0.05) is 5.56 Å². The van der Waals surface area contributed by atoms with E-state index in [0.717, 1.165) is 11.1 Å². The van der Waals surface area contributed by atoms with Gasteiger partial charge in [0.2, 0.25) is 0 Å². The Balaban J connectivity index is 2.77. The van der Waals surface area contributed by atoms with Crippen molar-refractivity contribution in [1.29, 1.82) is 0 Å². The molecule has 0 radical (unpaired) electrons. The average molecular weight is 249 g/mol. The van der Waals surface area contributed by atoms with Crippen LogP contribution in [0.4, 0.5) is 0 Å². The van der Waals surface area contributed by atoms with Gasteiger partial charge in [-0.2, -0.15) is 0 Å². The first kappa shape index (κ1) is 14.1. The number of carbonyl (C=O) groups is 1. The van der Waals surface area contributed by atoms with Gasteiger partial charge in [0.25, 0.3) is 0 Å². The van der Waals surface area contributed by atoms with Crippen molar-refractivity contribution in [2.24, 2.45) is 16.7 Å². The molecule has 0 aliphatic carbocycles. The Morgan fingerprint density at radius 3 is 2.44 bits per heavy atom. The first-order chi connectivity index (χ1) is 8.58. The second-order valence-electron chi connectivity index (χ2n) is 3.98. The minimum atomic E-state index is -0.160. The molecule has 0 aliphatic rings. The molecule has 0 unspecified atom stereocenters. The first-order valence-corrected chi connectivity index (χ1v) is 5.64. The zero-order valence-electron chi connectivity index (χ0n) is 10.6. The molecule has 1 aromatic rings. The van der Waals surface area contributed by atoms with Crippen molar-refractivity contribution in [2.75, 3.05) is 7.05 Å². The Hall–Kier alpha value is -1.92. The van der Waals surface area contributed by atoms with Crippen molar-refractivity contribution < 1.29 is 4.79 Å². The molecular weight excluding hydrogens is 230 g/mol. The van der Waals surface area contributed by atoms with Crippen molar-refractivity contribution in [2.45, 2.75) is 19.4 Å². The normalized spacial score (nSPS) is 13.2. The van der Waals surface area contributed by atoms with Crippen LogP contribution in [0.25, 0.3) is 0 Å². The number of amidine groups is 1. The van der Waals surface area contributed by atoms with E-state index >= 15 is 0 Å². The number of rotatable bonds is 6. The van der Waals surface area contributed by atoms with Gasteiger partial charge in [0.1, 0.15) is 5.78 Å². The summed E-state index contributed by atoms with van der Waals surface area (Å²) in [4.78, 5) is 11.3. The molecule has 98 valence electrons. The van der Waals surface area contributed by atoms with Crippen molar-refractivity contribution in [3.05, 3.63) is 35.4 Å². The summed E-state index contributed by atoms with van der Waals surface area (Å²) < 4.78 is 0. The highest BCUT2D eigenvalue weighted by Crippen LogP contribution is 2.07. The van der Waals surface area contributed by atoms with Crippen LogP contribution >= 0.6 is 0 Å². The van der Waals surface area contributed by atoms with E-state index in [0.29, 0.717) is 12.3 Å². The highest BCUT2D eigenvalue weighted by Gasteiger charge is 2.12. The van der Waals surface area contributed by atoms with Gasteiger partial charge < -0.3 is 11.1 Å². The number of nitrogens with two attached hydrogens (primary N) is 2. The minimum Gasteiger partial charge on any atom is -0.382 e. The predicted octanol–water partition coefficient (Wildman–Crippen LogP) is -0.510. The van der Waals surface area contributed by atoms with Crippen LogP contribution in [0.1, 0.15) is 18.1 Å². The smallest absolute Gasteiger partial charge is 0.152 e. The van der Waals surface area contributed by atoms with Crippen molar-refractivity contribution in [3.63, 3.8) is 0 Å². The molecule has 0 bridgehead atoms. The Morgan fingerprint density at radius 2 is 2.00 bits per heavy atom. The lowest BCUT2D eigenvalue weighted by molar-refractivity contribution is -0.118. The molecule has 0 saturated heterocycles. The lowest BCUT2D eigenvalue weighted by Gasteiger charge is -2.12. The fourth-order valence-electron chi connectivity index (χ4n) is 1.63. The maximum absolute atomic E-state index is 11.3. The van der Waals surface area contributed by atoms with Crippen molar-refractivity contribution in [3.8, 4) is 0 Å². The van der Waals surface area contributed by atoms with E-state index in [9.17, 15) is 4.79 Å². The van der Waals surface area contributed by atoms with Gasteiger partial charge >= 0.3 is 0 Å². The lowest BCUT2D eigenvalue weighted by atomic mass is 10.0. The maximum atomic E-state index is 11.3. The third-order valence-corrected chi connectivity index (χ3v) is 2.71. The van der Waals surface area contributed by atoms with E-state index in [4.69, 9.17) is 11.6 Å². The first-order valence-electron chi connectivity index (χ1n) is 5.64. The Bertz CT molecular complexity index is 427. The van der Waals surface area contributed by atoms with E-state index in [1.165, 1.54) is 0 Å². The lowest BCUT2D eigenvalue weighted by Crippen LogP contribution is -2.34. The third-order valence-electron chi connectivity index (χ3n) is 2.71. The molecular formula is C12H19N5O. The molecule has 6 N–H and O–H groups in total. The molecule has 0 saturated carbocycles. The number of hydrogen-bond donors (Lipinski definition) is 4. The van der Waals surface area contributed by atoms with Gasteiger partial charge in [0.15, 0.2) is 5.84 Å². The number of nitrogens with zero attached hydrogens (tertiary/aromatic N) is 1. The topological polar surface area (TPSA) is 106 Å². The van der Waals surface area contributed by atoms with Crippen LogP contribution in [0.5, 0.6) is 0 Å². The molecule has 6 nitrogen and oxygen atoms in total. The van der Waals surface area contributed by atoms with Crippen LogP contribution in [-0.4, -0.2) is 24.7 Å². The van der Waals surface area contributed by atoms with Crippen LogP contribution in [0.2, 0.25) is 0 Å². The van der Waals surface area contributed by atoms with E-state index in [1.807, 2.05) is 24.3 Å². The van der Waals surface area contributed by atoms with Crippen LogP contribution in [0.3, 0.4) is 0 Å². The number of benzene rings is 1. The Kier molecular flexibility index (Phi) is 5.29. The van der Waals surface area contributed by atoms with Gasteiger partial charge in [-0.15, -0.1) is 5.10 Å². The highest BCUT2D eigenvalue weighted by atomic mass is 16.1. The number of hydrogen-bond acceptors (Lipinski definition) is 5. The number of likely N-dealkylation sites (N-methyl/N-ethyl adjacent to an activating group) is 1. The number of Topliss-reactive ketones (excluding diaryl/α,β-unsaturated/α-hetero) is 1. The van der Waals surface area contributed by atoms with Crippen molar-refractivity contribution >= 4 is 11.6 Å². The fourth-order valence-corrected chi connectivity index (χ4v) is 1.63. The summed E-state index contributed by atoms with van der Waals surface area (Å²) in [5, 5.41) is 6.67. The quantitative estimate of drug-likeness (QED) is 0.235. The number of hydrazone groups is 1. The highest BCUT2D eigenvalue weighted by molar-refractivity contribution is 5.97. The van der Waals surface area contributed by atoms with E-state index in [1.54, 1.807) is 14.0 Å². The Morgan fingerprint density at radius 1 is 1.39 bits per heavy atom. The van der Waals surface area contributed by atoms with Gasteiger partial charge in [-0.05, 0) is 26.0 Å². The predicted molar refractivity (Wildman–Crippen MR) is 71.7 cm³/mol. The molecule has 0 spiro atoms. The van der Waals surface area contributed by atoms with Gasteiger partial charge in [-0.1, -0.05) is 24.3 Å². The molecule has 6 heteroatoms. The summed E-state index contributed by atoms with van der Waals surface area (Å²) in [7, 11) is 1.78. The van der Waals surface area contributed by atoms with E-state index in [-0.39, 0.29) is 11.8 Å². The zero-order chi connectivity index (χ0) is 13.5. The largest absolute Gasteiger partial charge is 0.382 e. The number of hydrazine groups is 1. The number of carbonyl (C=O) groups excluding carboxylic acids is 1. The van der Waals surface area contributed by atoms with E-state index in [2.05, 4.69) is 16.0 Å². The molecule has 0 aliphatic heterocycles. The number of ketones is 1. The second-order valence-corrected chi connectivity index (χ2v) is 3.98. The number of nitrogens with one attached hydrogen (secondary N) is 2. The standard InChI is InChI=1S/C12H19N5O/c1-8(18)11(15-2)7-9-3-5-10(6-4-9)12(13)16-17-14/h3-6,11,15,17H,7,14H2,1-2H3,(H2,13,16)/t11-/m0/s1. The van der Waals surface area contributed by atoms with Crippen LogP contribution in [0, 0.1) is 0 Å². The molecule has 0 aromatic heterocycles. The van der Waals surface area contributed by atoms with Crippen molar-refractivity contribution in [1.82, 2.24) is 10.9 Å². The van der Waals surface area contributed by atoms with Gasteiger partial charge in [-0.3, -0.25) is 4.79 Å². The second kappa shape index (κ2) is 6.73. The monoisotopic (exact) mass is 249 g/mol. The molecule has 0 fully saturated rings. The summed E-state index contributed by atoms with van der Waals surface area (Å²) >= 11 is 0.